The average Bonchev–Trinajstić information content (AvgIpc) is 2.44. The van der Waals surface area contributed by atoms with Crippen LogP contribution < -0.4 is 10.1 Å². The van der Waals surface area contributed by atoms with Crippen molar-refractivity contribution in [3.8, 4) is 5.75 Å². The number of likely N-dealkylation sites (N-methyl/N-ethyl adjacent to an activating group) is 1. The largest absolute Gasteiger partial charge is 0.489 e. The van der Waals surface area contributed by atoms with Gasteiger partial charge in [0.2, 0.25) is 0 Å². The number of benzene rings is 1. The SMILES string of the molecule is CN=C(NCCC(F)(F)F)N(C)CCOc1ccccc1F. The predicted octanol–water partition coefficient (Wildman–Crippen LogP) is 2.66. The van der Waals surface area contributed by atoms with Crippen LogP contribution in [0, 0.1) is 5.82 Å². The molecular weight excluding hydrogens is 302 g/mol. The summed E-state index contributed by atoms with van der Waals surface area (Å²) in [6.45, 7) is 0.270. The molecule has 0 radical (unpaired) electrons. The van der Waals surface area contributed by atoms with Gasteiger partial charge in [-0.25, -0.2) is 4.39 Å². The highest BCUT2D eigenvalue weighted by Crippen LogP contribution is 2.18. The first-order valence-electron chi connectivity index (χ1n) is 6.69. The first-order chi connectivity index (χ1) is 10.3. The third-order valence-electron chi connectivity index (χ3n) is 2.79. The number of guanidine groups is 1. The van der Waals surface area contributed by atoms with E-state index in [4.69, 9.17) is 4.74 Å². The summed E-state index contributed by atoms with van der Waals surface area (Å²) in [7, 11) is 3.14. The molecule has 22 heavy (non-hydrogen) atoms. The Morgan fingerprint density at radius 1 is 1.32 bits per heavy atom. The van der Waals surface area contributed by atoms with Crippen LogP contribution in [0.4, 0.5) is 17.6 Å². The summed E-state index contributed by atoms with van der Waals surface area (Å²) in [6.07, 6.45) is -5.15. The zero-order valence-electron chi connectivity index (χ0n) is 12.5. The zero-order chi connectivity index (χ0) is 16.6. The summed E-state index contributed by atoms with van der Waals surface area (Å²) in [5.41, 5.74) is 0. The van der Waals surface area contributed by atoms with E-state index in [2.05, 4.69) is 10.3 Å². The van der Waals surface area contributed by atoms with Crippen molar-refractivity contribution in [2.45, 2.75) is 12.6 Å². The molecule has 0 aliphatic heterocycles. The van der Waals surface area contributed by atoms with Crippen molar-refractivity contribution in [1.82, 2.24) is 10.2 Å². The van der Waals surface area contributed by atoms with E-state index in [9.17, 15) is 17.6 Å². The Morgan fingerprint density at radius 3 is 2.59 bits per heavy atom. The van der Waals surface area contributed by atoms with E-state index in [1.165, 1.54) is 19.2 Å². The Kier molecular flexibility index (Phi) is 6.94. The van der Waals surface area contributed by atoms with Crippen LogP contribution in [0.15, 0.2) is 29.3 Å². The Bertz CT molecular complexity index is 491. The third-order valence-corrected chi connectivity index (χ3v) is 2.79. The van der Waals surface area contributed by atoms with Crippen molar-refractivity contribution < 1.29 is 22.3 Å². The number of nitrogens with zero attached hydrogens (tertiary/aromatic N) is 2. The van der Waals surface area contributed by atoms with Crippen LogP contribution in [0.2, 0.25) is 0 Å². The number of para-hydroxylation sites is 1. The highest BCUT2D eigenvalue weighted by atomic mass is 19.4. The molecule has 0 heterocycles. The first kappa shape index (κ1) is 18.1. The first-order valence-corrected chi connectivity index (χ1v) is 6.69. The number of alkyl halides is 3. The van der Waals surface area contributed by atoms with E-state index in [-0.39, 0.29) is 18.9 Å². The second-order valence-electron chi connectivity index (χ2n) is 4.54. The molecule has 0 aliphatic carbocycles. The highest BCUT2D eigenvalue weighted by Gasteiger charge is 2.26. The fourth-order valence-corrected chi connectivity index (χ4v) is 1.66. The van der Waals surface area contributed by atoms with Gasteiger partial charge in [-0.2, -0.15) is 13.2 Å². The standard InChI is InChI=1S/C14H19F4N3O/c1-19-13(20-8-7-14(16,17)18)21(2)9-10-22-12-6-4-3-5-11(12)15/h3-6H,7-10H2,1-2H3,(H,19,20). The maximum Gasteiger partial charge on any atom is 0.390 e. The lowest BCUT2D eigenvalue weighted by atomic mass is 10.3. The van der Waals surface area contributed by atoms with Gasteiger partial charge in [0.1, 0.15) is 6.61 Å². The molecule has 1 aromatic rings. The van der Waals surface area contributed by atoms with Crippen LogP contribution in [0.1, 0.15) is 6.42 Å². The smallest absolute Gasteiger partial charge is 0.390 e. The quantitative estimate of drug-likeness (QED) is 0.497. The number of hydrogen-bond donors (Lipinski definition) is 1. The van der Waals surface area contributed by atoms with Gasteiger partial charge in [-0.1, -0.05) is 12.1 Å². The minimum atomic E-state index is -4.21. The van der Waals surface area contributed by atoms with Gasteiger partial charge in [-0.05, 0) is 12.1 Å². The summed E-state index contributed by atoms with van der Waals surface area (Å²) in [6, 6.07) is 6.00. The maximum atomic E-state index is 13.3. The van der Waals surface area contributed by atoms with Gasteiger partial charge in [-0.3, -0.25) is 4.99 Å². The van der Waals surface area contributed by atoms with Crippen LogP contribution >= 0.6 is 0 Å². The van der Waals surface area contributed by atoms with Gasteiger partial charge in [0.15, 0.2) is 17.5 Å². The topological polar surface area (TPSA) is 36.9 Å². The fraction of sp³-hybridized carbons (Fsp3) is 0.500. The average molecular weight is 321 g/mol. The molecule has 124 valence electrons. The van der Waals surface area contributed by atoms with Crippen molar-refractivity contribution in [3.63, 3.8) is 0 Å². The van der Waals surface area contributed by atoms with E-state index in [1.54, 1.807) is 24.1 Å². The molecule has 1 rings (SSSR count). The minimum Gasteiger partial charge on any atom is -0.489 e. The lowest BCUT2D eigenvalue weighted by Crippen LogP contribution is -2.42. The molecule has 0 bridgehead atoms. The van der Waals surface area contributed by atoms with E-state index in [0.717, 1.165) is 0 Å². The molecule has 0 amide bonds. The molecule has 0 saturated carbocycles. The summed E-state index contributed by atoms with van der Waals surface area (Å²) in [4.78, 5) is 5.49. The Labute approximate surface area is 126 Å². The van der Waals surface area contributed by atoms with Gasteiger partial charge in [-0.15, -0.1) is 0 Å². The normalized spacial score (nSPS) is 12.2. The van der Waals surface area contributed by atoms with E-state index in [0.29, 0.717) is 12.5 Å². The molecular formula is C14H19F4N3O. The summed E-state index contributed by atoms with van der Waals surface area (Å²) in [5.74, 6) is -0.00450. The Balaban J connectivity index is 2.36. The van der Waals surface area contributed by atoms with Crippen molar-refractivity contribution in [1.29, 1.82) is 0 Å². The number of ether oxygens (including phenoxy) is 1. The van der Waals surface area contributed by atoms with Crippen LogP contribution in [-0.4, -0.2) is 50.8 Å². The van der Waals surface area contributed by atoms with Crippen molar-refractivity contribution in [2.24, 2.45) is 4.99 Å². The molecule has 0 aromatic heterocycles. The van der Waals surface area contributed by atoms with Gasteiger partial charge in [0.05, 0.1) is 13.0 Å². The third kappa shape index (κ3) is 6.64. The fourth-order valence-electron chi connectivity index (χ4n) is 1.66. The monoisotopic (exact) mass is 321 g/mol. The van der Waals surface area contributed by atoms with Gasteiger partial charge in [0, 0.05) is 20.6 Å². The van der Waals surface area contributed by atoms with E-state index in [1.807, 2.05) is 0 Å². The number of aliphatic imine (C=N–C) groups is 1. The molecule has 0 atom stereocenters. The molecule has 8 heteroatoms. The number of halogens is 4. The van der Waals surface area contributed by atoms with Gasteiger partial charge < -0.3 is 15.0 Å². The molecule has 0 aliphatic rings. The number of hydrogen-bond acceptors (Lipinski definition) is 2. The van der Waals surface area contributed by atoms with Crippen LogP contribution in [0.3, 0.4) is 0 Å². The predicted molar refractivity (Wildman–Crippen MR) is 76.6 cm³/mol. The van der Waals surface area contributed by atoms with Crippen LogP contribution in [-0.2, 0) is 0 Å². The molecule has 4 nitrogen and oxygen atoms in total. The summed E-state index contributed by atoms with van der Waals surface area (Å²) in [5, 5.41) is 2.61. The van der Waals surface area contributed by atoms with Crippen molar-refractivity contribution >= 4 is 5.96 Å². The Hall–Kier alpha value is -1.99. The molecule has 0 fully saturated rings. The summed E-state index contributed by atoms with van der Waals surface area (Å²) >= 11 is 0. The number of nitrogens with one attached hydrogen (secondary N) is 1. The lowest BCUT2D eigenvalue weighted by molar-refractivity contribution is -0.132. The van der Waals surface area contributed by atoms with Crippen molar-refractivity contribution in [3.05, 3.63) is 30.1 Å². The van der Waals surface area contributed by atoms with Crippen LogP contribution in [0.25, 0.3) is 0 Å². The lowest BCUT2D eigenvalue weighted by Gasteiger charge is -2.22. The molecule has 0 spiro atoms. The van der Waals surface area contributed by atoms with Gasteiger partial charge in [0.25, 0.3) is 0 Å². The summed E-state index contributed by atoms with van der Waals surface area (Å²) < 4.78 is 54.9. The second kappa shape index (κ2) is 8.45. The molecule has 1 N–H and O–H groups in total. The van der Waals surface area contributed by atoms with Crippen LogP contribution in [0.5, 0.6) is 5.75 Å². The van der Waals surface area contributed by atoms with E-state index >= 15 is 0 Å². The second-order valence-corrected chi connectivity index (χ2v) is 4.54. The molecule has 1 aromatic carbocycles. The van der Waals surface area contributed by atoms with Gasteiger partial charge >= 0.3 is 6.18 Å². The number of rotatable bonds is 6. The molecule has 0 unspecified atom stereocenters. The molecule has 0 saturated heterocycles. The Morgan fingerprint density at radius 2 is 2.00 bits per heavy atom. The van der Waals surface area contributed by atoms with E-state index < -0.39 is 18.4 Å². The van der Waals surface area contributed by atoms with Crippen molar-refractivity contribution in [2.75, 3.05) is 33.8 Å². The minimum absolute atomic E-state index is 0.135. The zero-order valence-corrected chi connectivity index (χ0v) is 12.5. The highest BCUT2D eigenvalue weighted by molar-refractivity contribution is 5.79. The maximum absolute atomic E-state index is 13.3.